The molecule has 0 aliphatic heterocycles. The Hall–Kier alpha value is -2.44. The minimum absolute atomic E-state index is 0.0139. The zero-order chi connectivity index (χ0) is 14.9. The molecular formula is C13H14F2N4O. The number of halogens is 2. The van der Waals surface area contributed by atoms with Crippen LogP contribution in [0.5, 0.6) is 0 Å². The lowest BCUT2D eigenvalue weighted by Crippen LogP contribution is -2.18. The van der Waals surface area contributed by atoms with Gasteiger partial charge in [-0.15, -0.1) is 0 Å². The van der Waals surface area contributed by atoms with Gasteiger partial charge >= 0.3 is 0 Å². The highest BCUT2D eigenvalue weighted by Gasteiger charge is 2.15. The number of hydrogen-bond donors (Lipinski definition) is 2. The number of benzene rings is 1. The van der Waals surface area contributed by atoms with Crippen molar-refractivity contribution < 1.29 is 13.6 Å². The van der Waals surface area contributed by atoms with E-state index in [2.05, 4.69) is 10.4 Å². The number of amides is 1. The summed E-state index contributed by atoms with van der Waals surface area (Å²) in [5, 5.41) is 6.59. The van der Waals surface area contributed by atoms with Gasteiger partial charge in [-0.05, 0) is 13.0 Å². The van der Waals surface area contributed by atoms with Crippen LogP contribution in [-0.4, -0.2) is 15.7 Å². The maximum absolute atomic E-state index is 13.5. The fourth-order valence-corrected chi connectivity index (χ4v) is 1.86. The Morgan fingerprint density at radius 2 is 2.15 bits per heavy atom. The second kappa shape index (κ2) is 5.28. The number of aryl methyl sites for hydroxylation is 2. The predicted octanol–water partition coefficient (Wildman–Crippen LogP) is 1.77. The molecule has 1 heterocycles. The number of hydrogen-bond acceptors (Lipinski definition) is 3. The topological polar surface area (TPSA) is 72.9 Å². The minimum Gasteiger partial charge on any atom is -0.394 e. The molecule has 1 aromatic carbocycles. The quantitative estimate of drug-likeness (QED) is 0.900. The largest absolute Gasteiger partial charge is 0.394 e. The van der Waals surface area contributed by atoms with Crippen molar-refractivity contribution in [2.75, 3.05) is 11.1 Å². The molecule has 1 amide bonds. The summed E-state index contributed by atoms with van der Waals surface area (Å²) in [6.45, 7) is 1.71. The number of nitrogens with two attached hydrogens (primary N) is 1. The molecule has 0 spiro atoms. The Kier molecular flexibility index (Phi) is 3.69. The number of carbonyl (C=O) groups is 1. The average Bonchev–Trinajstić information content (AvgIpc) is 2.62. The Labute approximate surface area is 114 Å². The lowest BCUT2D eigenvalue weighted by Gasteiger charge is -2.07. The van der Waals surface area contributed by atoms with Crippen molar-refractivity contribution in [1.29, 1.82) is 0 Å². The predicted molar refractivity (Wildman–Crippen MR) is 71.0 cm³/mol. The molecule has 0 aliphatic rings. The molecular weight excluding hydrogens is 266 g/mol. The molecule has 2 rings (SSSR count). The average molecular weight is 280 g/mol. The van der Waals surface area contributed by atoms with Gasteiger partial charge in [0.1, 0.15) is 0 Å². The summed E-state index contributed by atoms with van der Waals surface area (Å²) in [5.41, 5.74) is 6.68. The molecule has 1 aromatic heterocycles. The van der Waals surface area contributed by atoms with Crippen LogP contribution in [0.4, 0.5) is 20.3 Å². The van der Waals surface area contributed by atoms with E-state index in [-0.39, 0.29) is 12.0 Å². The fraction of sp³-hybridized carbons (Fsp3) is 0.231. The van der Waals surface area contributed by atoms with Gasteiger partial charge in [-0.25, -0.2) is 8.78 Å². The Balaban J connectivity index is 2.15. The summed E-state index contributed by atoms with van der Waals surface area (Å²) in [4.78, 5) is 11.9. The van der Waals surface area contributed by atoms with Crippen LogP contribution in [0, 0.1) is 18.6 Å². The van der Waals surface area contributed by atoms with Crippen molar-refractivity contribution in [2.24, 2.45) is 7.05 Å². The highest BCUT2D eigenvalue weighted by Crippen LogP contribution is 2.21. The molecule has 0 aliphatic carbocycles. The van der Waals surface area contributed by atoms with Gasteiger partial charge in [0, 0.05) is 12.6 Å². The molecule has 0 atom stereocenters. The number of aromatic nitrogens is 2. The summed E-state index contributed by atoms with van der Waals surface area (Å²) in [5.74, 6) is -2.16. The number of anilines is 2. The lowest BCUT2D eigenvalue weighted by molar-refractivity contribution is -0.115. The van der Waals surface area contributed by atoms with Crippen LogP contribution < -0.4 is 11.1 Å². The van der Waals surface area contributed by atoms with Gasteiger partial charge in [0.2, 0.25) is 5.91 Å². The van der Waals surface area contributed by atoms with E-state index < -0.39 is 17.5 Å². The van der Waals surface area contributed by atoms with Crippen molar-refractivity contribution in [3.05, 3.63) is 41.1 Å². The normalized spacial score (nSPS) is 10.6. The molecule has 0 unspecified atom stereocenters. The third-order valence-electron chi connectivity index (χ3n) is 2.91. The molecule has 7 heteroatoms. The number of rotatable bonds is 3. The molecule has 20 heavy (non-hydrogen) atoms. The van der Waals surface area contributed by atoms with Gasteiger partial charge < -0.3 is 11.1 Å². The van der Waals surface area contributed by atoms with Crippen molar-refractivity contribution in [3.8, 4) is 0 Å². The first-order valence-corrected chi connectivity index (χ1v) is 5.92. The fourth-order valence-electron chi connectivity index (χ4n) is 1.86. The van der Waals surface area contributed by atoms with E-state index in [9.17, 15) is 13.6 Å². The van der Waals surface area contributed by atoms with E-state index in [0.717, 1.165) is 6.07 Å². The van der Waals surface area contributed by atoms with Crippen LogP contribution in [-0.2, 0) is 18.3 Å². The molecule has 5 nitrogen and oxygen atoms in total. The molecule has 106 valence electrons. The van der Waals surface area contributed by atoms with E-state index >= 15 is 0 Å². The number of nitrogens with one attached hydrogen (secondary N) is 1. The Bertz CT molecular complexity index is 667. The monoisotopic (exact) mass is 280 g/mol. The molecule has 0 bridgehead atoms. The molecule has 2 aromatic rings. The third kappa shape index (κ3) is 2.61. The zero-order valence-corrected chi connectivity index (χ0v) is 11.1. The van der Waals surface area contributed by atoms with Gasteiger partial charge in [-0.3, -0.25) is 9.48 Å². The van der Waals surface area contributed by atoms with Crippen LogP contribution in [0.3, 0.4) is 0 Å². The maximum atomic E-state index is 13.5. The smallest absolute Gasteiger partial charge is 0.230 e. The highest BCUT2D eigenvalue weighted by molar-refractivity contribution is 5.94. The van der Waals surface area contributed by atoms with E-state index in [1.165, 1.54) is 16.8 Å². The van der Waals surface area contributed by atoms with Crippen LogP contribution in [0.15, 0.2) is 18.2 Å². The van der Waals surface area contributed by atoms with Gasteiger partial charge in [-0.2, -0.15) is 5.10 Å². The molecule has 0 fully saturated rings. The van der Waals surface area contributed by atoms with Crippen molar-refractivity contribution in [2.45, 2.75) is 13.3 Å². The van der Waals surface area contributed by atoms with E-state index in [1.54, 1.807) is 14.0 Å². The minimum atomic E-state index is -1.02. The number of nitrogen functional groups attached to an aromatic ring is 1. The Morgan fingerprint density at radius 3 is 2.75 bits per heavy atom. The van der Waals surface area contributed by atoms with Crippen LogP contribution in [0.25, 0.3) is 0 Å². The van der Waals surface area contributed by atoms with Crippen LogP contribution >= 0.6 is 0 Å². The van der Waals surface area contributed by atoms with Gasteiger partial charge in [0.05, 0.1) is 17.8 Å². The molecule has 3 N–H and O–H groups in total. The molecule has 0 saturated heterocycles. The van der Waals surface area contributed by atoms with Crippen LogP contribution in [0.2, 0.25) is 0 Å². The van der Waals surface area contributed by atoms with E-state index in [4.69, 9.17) is 5.73 Å². The first-order chi connectivity index (χ1) is 9.40. The molecule has 0 saturated carbocycles. The van der Waals surface area contributed by atoms with Crippen LogP contribution in [0.1, 0.15) is 11.3 Å². The van der Waals surface area contributed by atoms with Crippen molar-refractivity contribution in [1.82, 2.24) is 9.78 Å². The summed E-state index contributed by atoms with van der Waals surface area (Å²) in [6, 6.07) is 3.71. The lowest BCUT2D eigenvalue weighted by atomic mass is 10.1. The maximum Gasteiger partial charge on any atom is 0.230 e. The number of carbonyl (C=O) groups excluding carboxylic acids is 1. The SMILES string of the molecule is Cc1nn(C)c(NC(=O)Cc2cccc(F)c2F)c1N. The van der Waals surface area contributed by atoms with E-state index in [0.29, 0.717) is 17.2 Å². The zero-order valence-electron chi connectivity index (χ0n) is 11.1. The van der Waals surface area contributed by atoms with Gasteiger partial charge in [0.15, 0.2) is 17.5 Å². The van der Waals surface area contributed by atoms with Gasteiger partial charge in [-0.1, -0.05) is 12.1 Å². The van der Waals surface area contributed by atoms with Gasteiger partial charge in [0.25, 0.3) is 0 Å². The van der Waals surface area contributed by atoms with E-state index in [1.807, 2.05) is 0 Å². The first-order valence-electron chi connectivity index (χ1n) is 5.92. The number of nitrogens with zero attached hydrogens (tertiary/aromatic N) is 2. The highest BCUT2D eigenvalue weighted by atomic mass is 19.2. The summed E-state index contributed by atoms with van der Waals surface area (Å²) in [7, 11) is 1.63. The first kappa shape index (κ1) is 14.0. The summed E-state index contributed by atoms with van der Waals surface area (Å²) in [6.07, 6.45) is -0.284. The van der Waals surface area contributed by atoms with Crippen molar-refractivity contribution >= 4 is 17.4 Å². The Morgan fingerprint density at radius 1 is 1.45 bits per heavy atom. The second-order valence-corrected chi connectivity index (χ2v) is 4.41. The van der Waals surface area contributed by atoms with Crippen molar-refractivity contribution in [3.63, 3.8) is 0 Å². The molecule has 0 radical (unpaired) electrons. The second-order valence-electron chi connectivity index (χ2n) is 4.41. The summed E-state index contributed by atoms with van der Waals surface area (Å²) < 4.78 is 27.9. The third-order valence-corrected chi connectivity index (χ3v) is 2.91. The standard InChI is InChI=1S/C13H14F2N4O/c1-7-12(16)13(19(2)18-7)17-10(20)6-8-4-3-5-9(14)11(8)15/h3-5H,6,16H2,1-2H3,(H,17,20). The summed E-state index contributed by atoms with van der Waals surface area (Å²) >= 11 is 0.